The number of rotatable bonds is 1. The molecule has 1 aliphatic carbocycles. The number of nitrogens with zero attached hydrogens (tertiary/aromatic N) is 1. The number of nitriles is 1. The standard InChI is InChI=1S/C12H12BrNO/c1-11(15)6-12(7-11,8-14)9-3-2-4-10(13)5-9/h2-5,15H,6-7H2,1H3. The van der Waals surface area contributed by atoms with Crippen molar-refractivity contribution >= 4 is 15.9 Å². The van der Waals surface area contributed by atoms with Gasteiger partial charge in [-0.1, -0.05) is 28.1 Å². The molecule has 1 N–H and O–H groups in total. The Hall–Kier alpha value is -0.850. The molecule has 0 aliphatic heterocycles. The third kappa shape index (κ3) is 1.80. The maximum absolute atomic E-state index is 9.75. The van der Waals surface area contributed by atoms with Crippen molar-refractivity contribution in [2.45, 2.75) is 30.8 Å². The van der Waals surface area contributed by atoms with Gasteiger partial charge in [-0.15, -0.1) is 0 Å². The summed E-state index contributed by atoms with van der Waals surface area (Å²) < 4.78 is 0.973. The fourth-order valence-electron chi connectivity index (χ4n) is 2.38. The summed E-state index contributed by atoms with van der Waals surface area (Å²) in [4.78, 5) is 0. The zero-order valence-corrected chi connectivity index (χ0v) is 10.1. The Morgan fingerprint density at radius 3 is 2.60 bits per heavy atom. The van der Waals surface area contributed by atoms with Crippen LogP contribution in [-0.4, -0.2) is 10.7 Å². The topological polar surface area (TPSA) is 44.0 Å². The third-order valence-electron chi connectivity index (χ3n) is 2.96. The van der Waals surface area contributed by atoms with Gasteiger partial charge in [-0.2, -0.15) is 5.26 Å². The lowest BCUT2D eigenvalue weighted by molar-refractivity contribution is -0.0556. The van der Waals surface area contributed by atoms with Crippen molar-refractivity contribution in [3.8, 4) is 6.07 Å². The first-order valence-corrected chi connectivity index (χ1v) is 5.66. The van der Waals surface area contributed by atoms with E-state index < -0.39 is 11.0 Å². The second kappa shape index (κ2) is 3.33. The first kappa shape index (κ1) is 10.7. The highest BCUT2D eigenvalue weighted by Crippen LogP contribution is 2.49. The molecule has 0 unspecified atom stereocenters. The summed E-state index contributed by atoms with van der Waals surface area (Å²) in [5.41, 5.74) is -0.184. The van der Waals surface area contributed by atoms with Crippen molar-refractivity contribution in [3.63, 3.8) is 0 Å². The summed E-state index contributed by atoms with van der Waals surface area (Å²) in [5, 5.41) is 19.0. The van der Waals surface area contributed by atoms with E-state index in [0.717, 1.165) is 10.0 Å². The van der Waals surface area contributed by atoms with Crippen molar-refractivity contribution in [2.75, 3.05) is 0 Å². The molecule has 0 amide bonds. The lowest BCUT2D eigenvalue weighted by atomic mass is 9.57. The highest BCUT2D eigenvalue weighted by atomic mass is 79.9. The summed E-state index contributed by atoms with van der Waals surface area (Å²) in [7, 11) is 0. The zero-order chi connectivity index (χ0) is 11.1. The molecule has 1 aliphatic rings. The minimum atomic E-state index is -0.682. The van der Waals surface area contributed by atoms with Gasteiger partial charge in [0.05, 0.1) is 17.1 Å². The van der Waals surface area contributed by atoms with Gasteiger partial charge >= 0.3 is 0 Å². The van der Waals surface area contributed by atoms with Crippen LogP contribution in [0, 0.1) is 11.3 Å². The molecule has 0 saturated heterocycles. The minimum Gasteiger partial charge on any atom is -0.390 e. The molecule has 0 heterocycles. The van der Waals surface area contributed by atoms with Crippen LogP contribution in [0.4, 0.5) is 0 Å². The normalized spacial score (nSPS) is 34.3. The van der Waals surface area contributed by atoms with Crippen molar-refractivity contribution < 1.29 is 5.11 Å². The van der Waals surface area contributed by atoms with Crippen LogP contribution in [0.5, 0.6) is 0 Å². The van der Waals surface area contributed by atoms with Gasteiger partial charge in [-0.25, -0.2) is 0 Å². The molecule has 1 fully saturated rings. The van der Waals surface area contributed by atoms with Crippen LogP contribution in [0.3, 0.4) is 0 Å². The molecular formula is C12H12BrNO. The van der Waals surface area contributed by atoms with E-state index in [-0.39, 0.29) is 0 Å². The molecule has 0 aromatic heterocycles. The fourth-order valence-corrected chi connectivity index (χ4v) is 2.78. The monoisotopic (exact) mass is 265 g/mol. The lowest BCUT2D eigenvalue weighted by Crippen LogP contribution is -2.51. The van der Waals surface area contributed by atoms with Gasteiger partial charge in [-0.3, -0.25) is 0 Å². The van der Waals surface area contributed by atoms with Crippen molar-refractivity contribution in [1.82, 2.24) is 0 Å². The molecule has 1 saturated carbocycles. The highest BCUT2D eigenvalue weighted by Gasteiger charge is 2.52. The number of benzene rings is 1. The lowest BCUT2D eigenvalue weighted by Gasteiger charge is -2.47. The first-order valence-electron chi connectivity index (χ1n) is 4.87. The van der Waals surface area contributed by atoms with E-state index in [0.29, 0.717) is 12.8 Å². The molecule has 2 nitrogen and oxygen atoms in total. The quantitative estimate of drug-likeness (QED) is 0.849. The Morgan fingerprint density at radius 2 is 2.13 bits per heavy atom. The van der Waals surface area contributed by atoms with E-state index in [1.165, 1.54) is 0 Å². The maximum atomic E-state index is 9.75. The highest BCUT2D eigenvalue weighted by molar-refractivity contribution is 9.10. The van der Waals surface area contributed by atoms with Crippen LogP contribution >= 0.6 is 15.9 Å². The average molecular weight is 266 g/mol. The molecule has 3 heteroatoms. The Morgan fingerprint density at radius 1 is 1.47 bits per heavy atom. The number of halogens is 1. The van der Waals surface area contributed by atoms with Crippen LogP contribution < -0.4 is 0 Å². The molecule has 0 radical (unpaired) electrons. The van der Waals surface area contributed by atoms with Gasteiger partial charge in [0.25, 0.3) is 0 Å². The number of hydrogen-bond acceptors (Lipinski definition) is 2. The largest absolute Gasteiger partial charge is 0.390 e. The SMILES string of the molecule is CC1(O)CC(C#N)(c2cccc(Br)c2)C1. The van der Waals surface area contributed by atoms with Gasteiger partial charge in [-0.05, 0) is 37.5 Å². The summed E-state index contributed by atoms with van der Waals surface area (Å²) in [6, 6.07) is 10.1. The second-order valence-electron chi connectivity index (χ2n) is 4.55. The van der Waals surface area contributed by atoms with Crippen LogP contribution in [-0.2, 0) is 5.41 Å². The Balaban J connectivity index is 2.35. The van der Waals surface area contributed by atoms with Crippen molar-refractivity contribution in [3.05, 3.63) is 34.3 Å². The summed E-state index contributed by atoms with van der Waals surface area (Å²) in [5.74, 6) is 0. The molecule has 1 aromatic carbocycles. The van der Waals surface area contributed by atoms with E-state index in [2.05, 4.69) is 22.0 Å². The van der Waals surface area contributed by atoms with E-state index in [1.54, 1.807) is 6.92 Å². The van der Waals surface area contributed by atoms with Gasteiger partial charge in [0.15, 0.2) is 0 Å². The molecule has 15 heavy (non-hydrogen) atoms. The Kier molecular flexibility index (Phi) is 2.37. The molecular weight excluding hydrogens is 254 g/mol. The first-order chi connectivity index (χ1) is 6.97. The van der Waals surface area contributed by atoms with E-state index in [9.17, 15) is 10.4 Å². The number of hydrogen-bond donors (Lipinski definition) is 1. The van der Waals surface area contributed by atoms with E-state index in [4.69, 9.17) is 0 Å². The molecule has 1 aromatic rings. The van der Waals surface area contributed by atoms with Gasteiger partial charge in [0, 0.05) is 4.47 Å². The Labute approximate surface area is 97.7 Å². The van der Waals surface area contributed by atoms with E-state index in [1.807, 2.05) is 24.3 Å². The molecule has 78 valence electrons. The summed E-state index contributed by atoms with van der Waals surface area (Å²) >= 11 is 3.39. The van der Waals surface area contributed by atoms with Crippen LogP contribution in [0.1, 0.15) is 25.3 Å². The van der Waals surface area contributed by atoms with Crippen LogP contribution in [0.2, 0.25) is 0 Å². The van der Waals surface area contributed by atoms with Crippen LogP contribution in [0.25, 0.3) is 0 Å². The van der Waals surface area contributed by atoms with Gasteiger partial charge in [0.2, 0.25) is 0 Å². The Bertz CT molecular complexity index is 425. The predicted octanol–water partition coefficient (Wildman–Crippen LogP) is 2.76. The minimum absolute atomic E-state index is 0.493. The second-order valence-corrected chi connectivity index (χ2v) is 5.47. The van der Waals surface area contributed by atoms with Gasteiger partial charge in [0.1, 0.15) is 0 Å². The maximum Gasteiger partial charge on any atom is 0.0877 e. The van der Waals surface area contributed by atoms with Crippen molar-refractivity contribution in [1.29, 1.82) is 5.26 Å². The molecule has 0 bridgehead atoms. The van der Waals surface area contributed by atoms with Crippen LogP contribution in [0.15, 0.2) is 28.7 Å². The molecule has 2 rings (SSSR count). The third-order valence-corrected chi connectivity index (χ3v) is 3.45. The smallest absolute Gasteiger partial charge is 0.0877 e. The molecule has 0 spiro atoms. The summed E-state index contributed by atoms with van der Waals surface area (Å²) in [6.45, 7) is 1.78. The average Bonchev–Trinajstić information content (AvgIpc) is 2.13. The fraction of sp³-hybridized carbons (Fsp3) is 0.417. The van der Waals surface area contributed by atoms with Crippen molar-refractivity contribution in [2.24, 2.45) is 0 Å². The zero-order valence-electron chi connectivity index (χ0n) is 8.50. The number of aliphatic hydroxyl groups is 1. The van der Waals surface area contributed by atoms with E-state index >= 15 is 0 Å². The summed E-state index contributed by atoms with van der Waals surface area (Å²) in [6.07, 6.45) is 1.04. The molecule has 0 atom stereocenters. The predicted molar refractivity (Wildman–Crippen MR) is 61.3 cm³/mol. The van der Waals surface area contributed by atoms with Gasteiger partial charge < -0.3 is 5.11 Å².